The zero-order valence-electron chi connectivity index (χ0n) is 12.6. The van der Waals surface area contributed by atoms with E-state index in [1.165, 1.54) is 6.33 Å². The number of ether oxygens (including phenoxy) is 2. The van der Waals surface area contributed by atoms with Gasteiger partial charge >= 0.3 is 0 Å². The second-order valence-corrected chi connectivity index (χ2v) is 5.97. The van der Waals surface area contributed by atoms with Crippen molar-refractivity contribution in [3.8, 4) is 11.6 Å². The van der Waals surface area contributed by atoms with Crippen LogP contribution < -0.4 is 9.47 Å². The summed E-state index contributed by atoms with van der Waals surface area (Å²) in [6.07, 6.45) is 3.38. The van der Waals surface area contributed by atoms with Crippen LogP contribution >= 0.6 is 15.9 Å². The van der Waals surface area contributed by atoms with E-state index in [4.69, 9.17) is 9.47 Å². The molecule has 4 nitrogen and oxygen atoms in total. The van der Waals surface area contributed by atoms with Crippen molar-refractivity contribution in [3.63, 3.8) is 0 Å². The van der Waals surface area contributed by atoms with Crippen LogP contribution in [-0.4, -0.2) is 23.2 Å². The molecule has 3 aromatic rings. The van der Waals surface area contributed by atoms with Gasteiger partial charge in [-0.1, -0.05) is 28.1 Å². The third-order valence-corrected chi connectivity index (χ3v) is 3.89. The molecule has 0 aliphatic heterocycles. The number of aromatic nitrogens is 2. The maximum absolute atomic E-state index is 5.77. The molecule has 5 heteroatoms. The van der Waals surface area contributed by atoms with Crippen LogP contribution in [0.2, 0.25) is 0 Å². The van der Waals surface area contributed by atoms with Crippen LogP contribution in [-0.2, 0) is 0 Å². The molecule has 0 bridgehead atoms. The third-order valence-electron chi connectivity index (χ3n) is 3.37. The van der Waals surface area contributed by atoms with Crippen LogP contribution in [0.5, 0.6) is 11.6 Å². The van der Waals surface area contributed by atoms with E-state index in [2.05, 4.69) is 25.9 Å². The van der Waals surface area contributed by atoms with Gasteiger partial charge in [0.05, 0.1) is 24.1 Å². The maximum Gasteiger partial charge on any atom is 0.224 e. The molecule has 1 heterocycles. The molecule has 3 rings (SSSR count). The Hall–Kier alpha value is -2.14. The van der Waals surface area contributed by atoms with Gasteiger partial charge in [-0.25, -0.2) is 9.97 Å². The highest BCUT2D eigenvalue weighted by atomic mass is 79.9. The predicted octanol–water partition coefficient (Wildman–Crippen LogP) is 4.63. The molecule has 0 aliphatic carbocycles. The van der Waals surface area contributed by atoms with Crippen LogP contribution in [0.25, 0.3) is 10.9 Å². The fourth-order valence-corrected chi connectivity index (χ4v) is 2.45. The molecule has 0 N–H and O–H groups in total. The molecular weight excluding hydrogens is 356 g/mol. The molecule has 1 aromatic heterocycles. The summed E-state index contributed by atoms with van der Waals surface area (Å²) in [7, 11) is 0. The average molecular weight is 373 g/mol. The first-order valence-electron chi connectivity index (χ1n) is 7.54. The fourth-order valence-electron chi connectivity index (χ4n) is 2.19. The van der Waals surface area contributed by atoms with Gasteiger partial charge in [-0.2, -0.15) is 0 Å². The maximum atomic E-state index is 5.77. The van der Waals surface area contributed by atoms with E-state index in [0.717, 1.165) is 34.0 Å². The first-order valence-corrected chi connectivity index (χ1v) is 8.33. The summed E-state index contributed by atoms with van der Waals surface area (Å²) in [5, 5.41) is 0.945. The van der Waals surface area contributed by atoms with Crippen LogP contribution in [0.3, 0.4) is 0 Å². The molecule has 0 saturated carbocycles. The number of nitrogens with zero attached hydrogens (tertiary/aromatic N) is 2. The highest BCUT2D eigenvalue weighted by Crippen LogP contribution is 2.20. The van der Waals surface area contributed by atoms with E-state index in [-0.39, 0.29) is 0 Å². The number of benzene rings is 2. The van der Waals surface area contributed by atoms with Crippen molar-refractivity contribution in [1.29, 1.82) is 0 Å². The van der Waals surface area contributed by atoms with E-state index in [0.29, 0.717) is 19.1 Å². The monoisotopic (exact) mass is 372 g/mol. The molecule has 0 fully saturated rings. The molecule has 0 aliphatic rings. The summed E-state index contributed by atoms with van der Waals surface area (Å²) in [6.45, 7) is 1.29. The summed E-state index contributed by atoms with van der Waals surface area (Å²) in [5.41, 5.74) is 0.899. The van der Waals surface area contributed by atoms with Crippen molar-refractivity contribution in [3.05, 3.63) is 59.3 Å². The number of para-hydroxylation sites is 1. The Balaban J connectivity index is 1.42. The first-order chi connectivity index (χ1) is 11.3. The molecular formula is C18H17BrN2O2. The van der Waals surface area contributed by atoms with Gasteiger partial charge in [0.2, 0.25) is 5.88 Å². The first kappa shape index (κ1) is 15.7. The topological polar surface area (TPSA) is 44.2 Å². The van der Waals surface area contributed by atoms with Gasteiger partial charge in [-0.05, 0) is 49.2 Å². The number of hydrogen-bond acceptors (Lipinski definition) is 4. The van der Waals surface area contributed by atoms with E-state index in [9.17, 15) is 0 Å². The van der Waals surface area contributed by atoms with Crippen LogP contribution in [0.1, 0.15) is 12.8 Å². The second kappa shape index (κ2) is 7.92. The minimum Gasteiger partial charge on any atom is -0.494 e. The third kappa shape index (κ3) is 4.42. The average Bonchev–Trinajstić information content (AvgIpc) is 2.59. The van der Waals surface area contributed by atoms with Gasteiger partial charge < -0.3 is 9.47 Å². The lowest BCUT2D eigenvalue weighted by Gasteiger charge is -2.08. The van der Waals surface area contributed by atoms with Gasteiger partial charge in [0.15, 0.2) is 0 Å². The zero-order chi connectivity index (χ0) is 15.9. The molecule has 0 saturated heterocycles. The van der Waals surface area contributed by atoms with E-state index < -0.39 is 0 Å². The molecule has 0 unspecified atom stereocenters. The molecule has 0 spiro atoms. The molecule has 0 amide bonds. The summed E-state index contributed by atoms with van der Waals surface area (Å²) in [4.78, 5) is 8.44. The van der Waals surface area contributed by atoms with Crippen molar-refractivity contribution in [1.82, 2.24) is 9.97 Å². The Bertz CT molecular complexity index is 757. The van der Waals surface area contributed by atoms with E-state index in [1.807, 2.05) is 48.5 Å². The van der Waals surface area contributed by atoms with Gasteiger partial charge in [-0.15, -0.1) is 0 Å². The smallest absolute Gasteiger partial charge is 0.224 e. The molecule has 0 atom stereocenters. The van der Waals surface area contributed by atoms with Crippen molar-refractivity contribution in [2.45, 2.75) is 12.8 Å². The second-order valence-electron chi connectivity index (χ2n) is 5.05. The Kier molecular flexibility index (Phi) is 5.42. The minimum atomic E-state index is 0.616. The van der Waals surface area contributed by atoms with Gasteiger partial charge in [0, 0.05) is 4.47 Å². The normalized spacial score (nSPS) is 10.7. The highest BCUT2D eigenvalue weighted by Gasteiger charge is 2.03. The molecule has 23 heavy (non-hydrogen) atoms. The molecule has 118 valence electrons. The Morgan fingerprint density at radius 2 is 1.57 bits per heavy atom. The molecule has 0 radical (unpaired) electrons. The standard InChI is InChI=1S/C18H17BrN2O2/c19-14-7-9-15(10-8-14)22-11-3-4-12-23-18-16-5-1-2-6-17(16)20-13-21-18/h1-2,5-10,13H,3-4,11-12H2. The summed E-state index contributed by atoms with van der Waals surface area (Å²) in [5.74, 6) is 1.53. The Morgan fingerprint density at radius 3 is 2.39 bits per heavy atom. The number of halogens is 1. The Labute approximate surface area is 143 Å². The number of rotatable bonds is 7. The van der Waals surface area contributed by atoms with Gasteiger partial charge in [0.25, 0.3) is 0 Å². The summed E-state index contributed by atoms with van der Waals surface area (Å²) < 4.78 is 12.5. The van der Waals surface area contributed by atoms with Crippen molar-refractivity contribution in [2.24, 2.45) is 0 Å². The van der Waals surface area contributed by atoms with Crippen LogP contribution in [0.15, 0.2) is 59.3 Å². The minimum absolute atomic E-state index is 0.616. The quantitative estimate of drug-likeness (QED) is 0.567. The number of hydrogen-bond donors (Lipinski definition) is 0. The lowest BCUT2D eigenvalue weighted by atomic mass is 10.2. The number of fused-ring (bicyclic) bond motifs is 1. The summed E-state index contributed by atoms with van der Waals surface area (Å²) in [6, 6.07) is 15.7. The highest BCUT2D eigenvalue weighted by molar-refractivity contribution is 9.10. The van der Waals surface area contributed by atoms with Gasteiger partial charge in [0.1, 0.15) is 12.1 Å². The lowest BCUT2D eigenvalue weighted by Crippen LogP contribution is -2.04. The zero-order valence-corrected chi connectivity index (χ0v) is 14.2. The van der Waals surface area contributed by atoms with Crippen LogP contribution in [0.4, 0.5) is 0 Å². The van der Waals surface area contributed by atoms with Crippen molar-refractivity contribution < 1.29 is 9.47 Å². The largest absolute Gasteiger partial charge is 0.494 e. The van der Waals surface area contributed by atoms with E-state index in [1.54, 1.807) is 0 Å². The SMILES string of the molecule is Brc1ccc(OCCCCOc2ncnc3ccccc23)cc1. The van der Waals surface area contributed by atoms with Crippen molar-refractivity contribution >= 4 is 26.8 Å². The van der Waals surface area contributed by atoms with Crippen molar-refractivity contribution in [2.75, 3.05) is 13.2 Å². The molecule has 2 aromatic carbocycles. The number of unbranched alkanes of at least 4 members (excludes halogenated alkanes) is 1. The lowest BCUT2D eigenvalue weighted by molar-refractivity contribution is 0.263. The fraction of sp³-hybridized carbons (Fsp3) is 0.222. The summed E-state index contributed by atoms with van der Waals surface area (Å²) >= 11 is 3.40. The Morgan fingerprint density at radius 1 is 0.826 bits per heavy atom. The predicted molar refractivity (Wildman–Crippen MR) is 93.9 cm³/mol. The van der Waals surface area contributed by atoms with Crippen LogP contribution in [0, 0.1) is 0 Å². The van der Waals surface area contributed by atoms with E-state index >= 15 is 0 Å². The van der Waals surface area contributed by atoms with Gasteiger partial charge in [-0.3, -0.25) is 0 Å².